The number of carbonyl (C=O) groups excluding carboxylic acids is 2. The van der Waals surface area contributed by atoms with Crippen LogP contribution in [0.3, 0.4) is 0 Å². The van der Waals surface area contributed by atoms with Crippen LogP contribution in [0.25, 0.3) is 5.65 Å². The Morgan fingerprint density at radius 1 is 1.08 bits per heavy atom. The highest BCUT2D eigenvalue weighted by molar-refractivity contribution is 5.93. The van der Waals surface area contributed by atoms with Crippen molar-refractivity contribution in [2.75, 3.05) is 33.4 Å². The van der Waals surface area contributed by atoms with E-state index in [2.05, 4.69) is 10.3 Å². The molecule has 7 rings (SSSR count). The van der Waals surface area contributed by atoms with Gasteiger partial charge in [-0.25, -0.2) is 4.98 Å². The first-order chi connectivity index (χ1) is 17.5. The van der Waals surface area contributed by atoms with E-state index in [-0.39, 0.29) is 18.2 Å². The summed E-state index contributed by atoms with van der Waals surface area (Å²) < 4.78 is 7.06. The molecule has 1 N–H and O–H groups in total. The van der Waals surface area contributed by atoms with E-state index in [1.165, 1.54) is 38.5 Å². The number of hydrogen-bond donors (Lipinski definition) is 1. The van der Waals surface area contributed by atoms with Gasteiger partial charge in [0, 0.05) is 39.5 Å². The van der Waals surface area contributed by atoms with Crippen LogP contribution in [0.5, 0.6) is 0 Å². The van der Waals surface area contributed by atoms with Gasteiger partial charge in [0.05, 0.1) is 12.1 Å². The van der Waals surface area contributed by atoms with E-state index < -0.39 is 0 Å². The maximum absolute atomic E-state index is 13.3. The molecule has 3 heterocycles. The molecule has 2 amide bonds. The number of methoxy groups -OCH3 is 1. The molecular formula is C29H40N4O3. The normalized spacial score (nSPS) is 29.7. The summed E-state index contributed by atoms with van der Waals surface area (Å²) in [5.74, 6) is 3.36. The zero-order chi connectivity index (χ0) is 24.7. The summed E-state index contributed by atoms with van der Waals surface area (Å²) in [5.41, 5.74) is 2.35. The number of amides is 2. The molecule has 0 unspecified atom stereocenters. The highest BCUT2D eigenvalue weighted by atomic mass is 16.5. The highest BCUT2D eigenvalue weighted by Crippen LogP contribution is 2.59. The fourth-order valence-corrected chi connectivity index (χ4v) is 8.22. The molecule has 1 aliphatic heterocycles. The van der Waals surface area contributed by atoms with Gasteiger partial charge in [0.1, 0.15) is 11.3 Å². The highest BCUT2D eigenvalue weighted by Gasteiger charge is 2.50. The van der Waals surface area contributed by atoms with Crippen molar-refractivity contribution < 1.29 is 14.3 Å². The van der Waals surface area contributed by atoms with Crippen molar-refractivity contribution in [2.24, 2.45) is 29.1 Å². The summed E-state index contributed by atoms with van der Waals surface area (Å²) in [6.45, 7) is 3.18. The van der Waals surface area contributed by atoms with E-state index in [1.54, 1.807) is 7.11 Å². The quantitative estimate of drug-likeness (QED) is 0.602. The number of likely N-dealkylation sites (tertiary alicyclic amines) is 1. The van der Waals surface area contributed by atoms with Crippen molar-refractivity contribution in [2.45, 2.75) is 64.2 Å². The third-order valence-electron chi connectivity index (χ3n) is 9.59. The number of pyridine rings is 1. The average molecular weight is 493 g/mol. The summed E-state index contributed by atoms with van der Waals surface area (Å²) in [6, 6.07) is 5.66. The number of imidazole rings is 1. The van der Waals surface area contributed by atoms with Gasteiger partial charge in [0.15, 0.2) is 0 Å². The van der Waals surface area contributed by atoms with E-state index in [0.717, 1.165) is 74.6 Å². The van der Waals surface area contributed by atoms with Crippen LogP contribution >= 0.6 is 0 Å². The molecule has 36 heavy (non-hydrogen) atoms. The van der Waals surface area contributed by atoms with E-state index in [9.17, 15) is 9.59 Å². The number of fused-ring (bicyclic) bond motifs is 1. The predicted molar refractivity (Wildman–Crippen MR) is 138 cm³/mol. The van der Waals surface area contributed by atoms with Gasteiger partial charge < -0.3 is 15.0 Å². The summed E-state index contributed by atoms with van der Waals surface area (Å²) in [5, 5.41) is 3.30. The summed E-state index contributed by atoms with van der Waals surface area (Å²) >= 11 is 0. The molecule has 0 atom stereocenters. The second kappa shape index (κ2) is 9.81. The molecule has 0 aromatic carbocycles. The van der Waals surface area contributed by atoms with Crippen LogP contribution in [0.2, 0.25) is 0 Å². The van der Waals surface area contributed by atoms with Gasteiger partial charge in [-0.2, -0.15) is 0 Å². The Hall–Kier alpha value is -2.41. The van der Waals surface area contributed by atoms with E-state index in [1.807, 2.05) is 33.7 Å². The van der Waals surface area contributed by atoms with E-state index >= 15 is 0 Å². The van der Waals surface area contributed by atoms with Gasteiger partial charge in [0.25, 0.3) is 5.91 Å². The number of carbonyl (C=O) groups is 2. The summed E-state index contributed by atoms with van der Waals surface area (Å²) in [6.07, 6.45) is 13.4. The zero-order valence-electron chi connectivity index (χ0n) is 21.6. The van der Waals surface area contributed by atoms with Crippen LogP contribution in [-0.2, 0) is 16.0 Å². The minimum absolute atomic E-state index is 0.0373. The second-order valence-electron chi connectivity index (χ2n) is 12.3. The first-order valence-corrected chi connectivity index (χ1v) is 14.0. The lowest BCUT2D eigenvalue weighted by Crippen LogP contribution is -2.51. The van der Waals surface area contributed by atoms with Crippen LogP contribution in [-0.4, -0.2) is 59.4 Å². The Kier molecular flexibility index (Phi) is 6.53. The molecule has 1 saturated heterocycles. The van der Waals surface area contributed by atoms with Gasteiger partial charge in [-0.3, -0.25) is 14.0 Å². The van der Waals surface area contributed by atoms with Crippen molar-refractivity contribution in [3.63, 3.8) is 0 Å². The predicted octanol–water partition coefficient (Wildman–Crippen LogP) is 4.10. The number of piperidine rings is 1. The molecule has 0 radical (unpaired) electrons. The van der Waals surface area contributed by atoms with Crippen LogP contribution in [0, 0.1) is 29.1 Å². The molecule has 2 aromatic heterocycles. The van der Waals surface area contributed by atoms with Crippen molar-refractivity contribution in [3.05, 3.63) is 35.8 Å². The molecule has 4 saturated carbocycles. The standard InChI is InChI=1S/C29H40N4O3/c1-36-10-7-20-5-8-32(9-6-20)27(34)14-24-18-33-25(3-2-4-26(33)31-24)28(35)30-19-29-15-21-11-22(16-29)13-23(12-21)17-29/h2-4,18,20-23H,5-17,19H2,1H3,(H,30,35). The number of hydrogen-bond acceptors (Lipinski definition) is 4. The lowest BCUT2D eigenvalue weighted by atomic mass is 9.49. The van der Waals surface area contributed by atoms with Crippen LogP contribution < -0.4 is 5.32 Å². The Morgan fingerprint density at radius 2 is 1.78 bits per heavy atom. The number of ether oxygens (including phenoxy) is 1. The lowest BCUT2D eigenvalue weighted by Gasteiger charge is -2.56. The lowest BCUT2D eigenvalue weighted by molar-refractivity contribution is -0.132. The maximum Gasteiger partial charge on any atom is 0.268 e. The first kappa shape index (κ1) is 24.0. The van der Waals surface area contributed by atoms with Crippen molar-refractivity contribution in [1.82, 2.24) is 19.6 Å². The molecule has 2 aromatic rings. The monoisotopic (exact) mass is 492 g/mol. The number of nitrogens with one attached hydrogen (secondary N) is 1. The molecule has 7 heteroatoms. The van der Waals surface area contributed by atoms with E-state index in [4.69, 9.17) is 4.74 Å². The van der Waals surface area contributed by atoms with Crippen molar-refractivity contribution in [3.8, 4) is 0 Å². The van der Waals surface area contributed by atoms with E-state index in [0.29, 0.717) is 17.0 Å². The Balaban J connectivity index is 1.08. The van der Waals surface area contributed by atoms with Crippen molar-refractivity contribution in [1.29, 1.82) is 0 Å². The molecule has 4 aliphatic carbocycles. The fourth-order valence-electron chi connectivity index (χ4n) is 8.22. The van der Waals surface area contributed by atoms with Gasteiger partial charge in [-0.15, -0.1) is 0 Å². The van der Waals surface area contributed by atoms with Gasteiger partial charge in [-0.1, -0.05) is 6.07 Å². The first-order valence-electron chi connectivity index (χ1n) is 14.0. The Labute approximate surface area is 214 Å². The molecule has 0 spiro atoms. The molecule has 194 valence electrons. The molecule has 7 nitrogen and oxygen atoms in total. The molecular weight excluding hydrogens is 452 g/mol. The largest absolute Gasteiger partial charge is 0.385 e. The van der Waals surface area contributed by atoms with Crippen molar-refractivity contribution >= 4 is 17.5 Å². The smallest absolute Gasteiger partial charge is 0.268 e. The topological polar surface area (TPSA) is 75.9 Å². The van der Waals surface area contributed by atoms with Crippen LogP contribution in [0.1, 0.15) is 74.0 Å². The van der Waals surface area contributed by atoms with Gasteiger partial charge >= 0.3 is 0 Å². The third-order valence-corrected chi connectivity index (χ3v) is 9.59. The van der Waals surface area contributed by atoms with Crippen LogP contribution in [0.15, 0.2) is 24.4 Å². The fraction of sp³-hybridized carbons (Fsp3) is 0.690. The molecule has 4 bridgehead atoms. The minimum atomic E-state index is -0.0373. The summed E-state index contributed by atoms with van der Waals surface area (Å²) in [4.78, 5) is 32.9. The van der Waals surface area contributed by atoms with Gasteiger partial charge in [-0.05, 0) is 99.0 Å². The second-order valence-corrected chi connectivity index (χ2v) is 12.3. The number of aromatic nitrogens is 2. The Bertz CT molecular complexity index is 1080. The zero-order valence-corrected chi connectivity index (χ0v) is 21.6. The molecule has 5 fully saturated rings. The summed E-state index contributed by atoms with van der Waals surface area (Å²) in [7, 11) is 1.74. The number of rotatable bonds is 8. The minimum Gasteiger partial charge on any atom is -0.385 e. The van der Waals surface area contributed by atoms with Crippen LogP contribution in [0.4, 0.5) is 0 Å². The maximum atomic E-state index is 13.3. The SMILES string of the molecule is COCCC1CCN(C(=O)Cc2cn3c(C(=O)NCC45CC6CC(CC(C6)C4)C5)cccc3n2)CC1. The van der Waals surface area contributed by atoms with Gasteiger partial charge in [0.2, 0.25) is 5.91 Å². The average Bonchev–Trinajstić information content (AvgIpc) is 3.28. The number of nitrogens with zero attached hydrogens (tertiary/aromatic N) is 3. The Morgan fingerprint density at radius 3 is 2.44 bits per heavy atom. The third kappa shape index (κ3) is 4.79. The molecule has 5 aliphatic rings.